The van der Waals surface area contributed by atoms with Crippen molar-refractivity contribution in [2.75, 3.05) is 19.7 Å². The van der Waals surface area contributed by atoms with Crippen LogP contribution >= 0.6 is 0 Å². The van der Waals surface area contributed by atoms with Gasteiger partial charge < -0.3 is 46.9 Å². The minimum atomic E-state index is -1.30. The van der Waals surface area contributed by atoms with Gasteiger partial charge in [0.25, 0.3) is 0 Å². The predicted octanol–water partition coefficient (Wildman–Crippen LogP) is -1.92. The summed E-state index contributed by atoms with van der Waals surface area (Å²) in [5.74, 6) is -0.621. The third-order valence-corrected chi connectivity index (χ3v) is 5.20. The molecule has 0 unspecified atom stereocenters. The summed E-state index contributed by atoms with van der Waals surface area (Å²) in [5, 5.41) is 34.8. The van der Waals surface area contributed by atoms with E-state index in [1.165, 1.54) is 0 Å². The van der Waals surface area contributed by atoms with Crippen LogP contribution in [0.2, 0.25) is 0 Å². The van der Waals surface area contributed by atoms with E-state index in [1.807, 2.05) is 0 Å². The van der Waals surface area contributed by atoms with E-state index in [-0.39, 0.29) is 11.8 Å². The molecule has 0 aliphatic carbocycles. The molecule has 1 saturated heterocycles. The number of nitrogens with one attached hydrogen (secondary N) is 2. The van der Waals surface area contributed by atoms with Crippen molar-refractivity contribution in [3.8, 4) is 0 Å². The number of rotatable bonds is 14. The van der Waals surface area contributed by atoms with Gasteiger partial charge in [-0.15, -0.1) is 0 Å². The number of hydrogen-bond donors (Lipinski definition) is 7. The first-order valence-electron chi connectivity index (χ1n) is 11.0. The summed E-state index contributed by atoms with van der Waals surface area (Å²) in [6.45, 7) is 4.42. The highest BCUT2D eigenvalue weighted by Crippen LogP contribution is 2.22. The number of carbonyl (C=O) groups excluding carboxylic acids is 2. The molecule has 9 N–H and O–H groups in total. The summed E-state index contributed by atoms with van der Waals surface area (Å²) in [5.41, 5.74) is 11.0. The van der Waals surface area contributed by atoms with Crippen LogP contribution in [-0.4, -0.2) is 89.6 Å². The average molecular weight is 449 g/mol. The van der Waals surface area contributed by atoms with Gasteiger partial charge in [-0.3, -0.25) is 9.59 Å². The topological polar surface area (TPSA) is 189 Å². The lowest BCUT2D eigenvalue weighted by molar-refractivity contribution is -0.293. The molecule has 11 heteroatoms. The zero-order chi connectivity index (χ0) is 23.4. The van der Waals surface area contributed by atoms with Crippen LogP contribution in [0.1, 0.15) is 52.4 Å². The second-order valence-corrected chi connectivity index (χ2v) is 8.04. The lowest BCUT2D eigenvalue weighted by atomic mass is 10.0. The summed E-state index contributed by atoms with van der Waals surface area (Å²) in [4.78, 5) is 24.1. The van der Waals surface area contributed by atoms with Crippen LogP contribution in [0.25, 0.3) is 0 Å². The minimum absolute atomic E-state index is 0.246. The Morgan fingerprint density at radius 1 is 1.03 bits per heavy atom. The number of hydrogen-bond acceptors (Lipinski definition) is 9. The van der Waals surface area contributed by atoms with Crippen LogP contribution < -0.4 is 22.1 Å². The standard InChI is InChI=1S/C20H40N4O7/c1-12(22)18(28)24-14(8-7-9-21)19(29)23-10-5-3-4-6-11-30-20-17(27)16(26)15(25)13(2)31-20/h12-17,20,25-27H,3-11,21-22H2,1-2H3,(H,23,29)(H,24,28)/t12-,13+,14+,15-,16-,17+,20+/m1/s1. The molecule has 1 aliphatic heterocycles. The van der Waals surface area contributed by atoms with E-state index in [0.29, 0.717) is 32.5 Å². The number of amides is 2. The molecule has 0 aromatic carbocycles. The molecular formula is C20H40N4O7. The van der Waals surface area contributed by atoms with Crippen molar-refractivity contribution in [1.29, 1.82) is 0 Å². The molecule has 0 radical (unpaired) electrons. The molecule has 0 bridgehead atoms. The van der Waals surface area contributed by atoms with Gasteiger partial charge in [0.2, 0.25) is 11.8 Å². The van der Waals surface area contributed by atoms with E-state index in [2.05, 4.69) is 10.6 Å². The maximum atomic E-state index is 12.3. The molecule has 1 fully saturated rings. The highest BCUT2D eigenvalue weighted by molar-refractivity contribution is 5.89. The van der Waals surface area contributed by atoms with Gasteiger partial charge in [-0.05, 0) is 46.1 Å². The van der Waals surface area contributed by atoms with E-state index >= 15 is 0 Å². The van der Waals surface area contributed by atoms with Crippen molar-refractivity contribution in [3.63, 3.8) is 0 Å². The van der Waals surface area contributed by atoms with Crippen LogP contribution in [-0.2, 0) is 19.1 Å². The molecule has 1 heterocycles. The third-order valence-electron chi connectivity index (χ3n) is 5.20. The Kier molecular flexibility index (Phi) is 13.1. The molecule has 0 aromatic rings. The fourth-order valence-electron chi connectivity index (χ4n) is 3.16. The molecule has 31 heavy (non-hydrogen) atoms. The zero-order valence-corrected chi connectivity index (χ0v) is 18.5. The molecule has 0 saturated carbocycles. The normalized spacial score (nSPS) is 28.0. The lowest BCUT2D eigenvalue weighted by Crippen LogP contribution is -2.57. The Balaban J connectivity index is 2.18. The van der Waals surface area contributed by atoms with E-state index in [9.17, 15) is 24.9 Å². The number of nitrogens with two attached hydrogens (primary N) is 2. The fraction of sp³-hybridized carbons (Fsp3) is 0.900. The van der Waals surface area contributed by atoms with E-state index in [0.717, 1.165) is 25.7 Å². The lowest BCUT2D eigenvalue weighted by Gasteiger charge is -2.38. The monoisotopic (exact) mass is 448 g/mol. The van der Waals surface area contributed by atoms with Gasteiger partial charge >= 0.3 is 0 Å². The third kappa shape index (κ3) is 9.77. The van der Waals surface area contributed by atoms with E-state index in [4.69, 9.17) is 20.9 Å². The first-order valence-corrected chi connectivity index (χ1v) is 11.0. The van der Waals surface area contributed by atoms with Crippen molar-refractivity contribution in [2.24, 2.45) is 11.5 Å². The minimum Gasteiger partial charge on any atom is -0.388 e. The summed E-state index contributed by atoms with van der Waals surface area (Å²) in [6.07, 6.45) is -1.08. The van der Waals surface area contributed by atoms with Crippen molar-refractivity contribution >= 4 is 11.8 Å². The van der Waals surface area contributed by atoms with Gasteiger partial charge in [-0.2, -0.15) is 0 Å². The van der Waals surface area contributed by atoms with Crippen LogP contribution in [0.4, 0.5) is 0 Å². The number of carbonyl (C=O) groups is 2. The van der Waals surface area contributed by atoms with Crippen molar-refractivity contribution in [1.82, 2.24) is 10.6 Å². The summed E-state index contributed by atoms with van der Waals surface area (Å²) < 4.78 is 10.9. The van der Waals surface area contributed by atoms with Crippen LogP contribution in [0.3, 0.4) is 0 Å². The number of aliphatic hydroxyl groups excluding tert-OH is 3. The van der Waals surface area contributed by atoms with Gasteiger partial charge in [0.15, 0.2) is 6.29 Å². The second kappa shape index (κ2) is 14.7. The average Bonchev–Trinajstić information content (AvgIpc) is 2.74. The molecule has 11 nitrogen and oxygen atoms in total. The quantitative estimate of drug-likeness (QED) is 0.148. The Bertz CT molecular complexity index is 538. The van der Waals surface area contributed by atoms with Gasteiger partial charge in [0.05, 0.1) is 12.1 Å². The second-order valence-electron chi connectivity index (χ2n) is 8.04. The highest BCUT2D eigenvalue weighted by atomic mass is 16.7. The smallest absolute Gasteiger partial charge is 0.242 e. The molecule has 182 valence electrons. The number of unbranched alkanes of at least 4 members (excludes halogenated alkanes) is 3. The Morgan fingerprint density at radius 3 is 2.35 bits per heavy atom. The molecule has 0 spiro atoms. The van der Waals surface area contributed by atoms with Crippen LogP contribution in [0.5, 0.6) is 0 Å². The maximum absolute atomic E-state index is 12.3. The summed E-state index contributed by atoms with van der Waals surface area (Å²) in [7, 11) is 0. The molecule has 7 atom stereocenters. The SMILES string of the molecule is C[C@@H]1O[C@H](OCCCCCCNC(=O)[C@H](CCCN)NC(=O)[C@@H](C)N)[C@@H](O)[C@H](O)[C@@H]1O. The molecule has 0 aromatic heterocycles. The first-order chi connectivity index (χ1) is 14.7. The van der Waals surface area contributed by atoms with Crippen LogP contribution in [0, 0.1) is 0 Å². The zero-order valence-electron chi connectivity index (χ0n) is 18.5. The first kappa shape index (κ1) is 27.7. The van der Waals surface area contributed by atoms with Gasteiger partial charge in [-0.1, -0.05) is 12.8 Å². The van der Waals surface area contributed by atoms with E-state index in [1.54, 1.807) is 13.8 Å². The van der Waals surface area contributed by atoms with E-state index < -0.39 is 42.8 Å². The van der Waals surface area contributed by atoms with Crippen molar-refractivity contribution in [3.05, 3.63) is 0 Å². The van der Waals surface area contributed by atoms with Crippen LogP contribution in [0.15, 0.2) is 0 Å². The Labute approximate surface area is 183 Å². The van der Waals surface area contributed by atoms with Gasteiger partial charge in [0, 0.05) is 13.2 Å². The van der Waals surface area contributed by atoms with Gasteiger partial charge in [-0.25, -0.2) is 0 Å². The molecular weight excluding hydrogens is 408 g/mol. The Morgan fingerprint density at radius 2 is 1.71 bits per heavy atom. The fourth-order valence-corrected chi connectivity index (χ4v) is 3.16. The molecule has 1 aliphatic rings. The molecule has 2 amide bonds. The highest BCUT2D eigenvalue weighted by Gasteiger charge is 2.42. The number of aliphatic hydroxyl groups is 3. The van der Waals surface area contributed by atoms with Crippen molar-refractivity contribution < 1.29 is 34.4 Å². The Hall–Kier alpha value is -1.34. The van der Waals surface area contributed by atoms with Crippen molar-refractivity contribution in [2.45, 2.75) is 95.2 Å². The molecule has 1 rings (SSSR count). The largest absolute Gasteiger partial charge is 0.388 e. The summed E-state index contributed by atoms with van der Waals surface area (Å²) >= 11 is 0. The van der Waals surface area contributed by atoms with Gasteiger partial charge in [0.1, 0.15) is 24.4 Å². The predicted molar refractivity (Wildman–Crippen MR) is 114 cm³/mol. The number of ether oxygens (including phenoxy) is 2. The maximum Gasteiger partial charge on any atom is 0.242 e. The summed E-state index contributed by atoms with van der Waals surface area (Å²) in [6, 6.07) is -1.33.